The molecule has 0 unspecified atom stereocenters. The van der Waals surface area contributed by atoms with Crippen LogP contribution in [0.5, 0.6) is 11.5 Å². The van der Waals surface area contributed by atoms with Crippen molar-refractivity contribution in [3.63, 3.8) is 0 Å². The second-order valence-corrected chi connectivity index (χ2v) is 8.75. The van der Waals surface area contributed by atoms with Gasteiger partial charge in [-0.25, -0.2) is 9.78 Å². The third kappa shape index (κ3) is 5.05. The Morgan fingerprint density at radius 1 is 0.939 bits per heavy atom. The van der Waals surface area contributed by atoms with Gasteiger partial charge >= 0.3 is 5.97 Å². The highest BCUT2D eigenvalue weighted by molar-refractivity contribution is 5.79. The highest BCUT2D eigenvalue weighted by Crippen LogP contribution is 2.39. The van der Waals surface area contributed by atoms with Crippen LogP contribution in [0.3, 0.4) is 0 Å². The van der Waals surface area contributed by atoms with E-state index in [1.165, 1.54) is 7.11 Å². The molecule has 0 spiro atoms. The number of aromatic nitrogens is 1. The standard InChI is InChI=1S/C27H33NO5/c1-16-18(3)24(33-27(6,7)26(29)30-8)19(4)17(2)23(16)31-15-14-22-20(5)32-25(28-22)21-12-10-9-11-13-21/h9-13H,14-15H2,1-8H3. The van der Waals surface area contributed by atoms with Crippen molar-refractivity contribution in [2.24, 2.45) is 0 Å². The smallest absolute Gasteiger partial charge is 0.349 e. The van der Waals surface area contributed by atoms with Crippen molar-refractivity contribution in [3.05, 3.63) is 64.0 Å². The summed E-state index contributed by atoms with van der Waals surface area (Å²) in [5.74, 6) is 2.52. The van der Waals surface area contributed by atoms with Crippen LogP contribution >= 0.6 is 0 Å². The Hall–Kier alpha value is -3.28. The SMILES string of the molecule is COC(=O)C(C)(C)Oc1c(C)c(C)c(OCCc2nc(-c3ccccc3)oc2C)c(C)c1C. The van der Waals surface area contributed by atoms with E-state index >= 15 is 0 Å². The van der Waals surface area contributed by atoms with Crippen LogP contribution in [0.1, 0.15) is 47.6 Å². The minimum atomic E-state index is -1.09. The molecule has 1 heterocycles. The van der Waals surface area contributed by atoms with Gasteiger partial charge in [-0.1, -0.05) is 18.2 Å². The second-order valence-electron chi connectivity index (χ2n) is 8.75. The van der Waals surface area contributed by atoms with Gasteiger partial charge in [0.15, 0.2) is 5.60 Å². The predicted octanol–water partition coefficient (Wildman–Crippen LogP) is 5.84. The van der Waals surface area contributed by atoms with Crippen LogP contribution in [-0.4, -0.2) is 30.3 Å². The zero-order chi connectivity index (χ0) is 24.3. The van der Waals surface area contributed by atoms with Crippen LogP contribution in [0.2, 0.25) is 0 Å². The first-order valence-electron chi connectivity index (χ1n) is 11.1. The average molecular weight is 452 g/mol. The second kappa shape index (κ2) is 9.69. The van der Waals surface area contributed by atoms with Crippen molar-refractivity contribution >= 4 is 5.97 Å². The van der Waals surface area contributed by atoms with E-state index in [9.17, 15) is 4.79 Å². The molecule has 0 N–H and O–H groups in total. The molecule has 0 aliphatic heterocycles. The van der Waals surface area contributed by atoms with E-state index < -0.39 is 11.6 Å². The first kappa shape index (κ1) is 24.4. The van der Waals surface area contributed by atoms with E-state index in [2.05, 4.69) is 4.98 Å². The minimum Gasteiger partial charge on any atom is -0.493 e. The van der Waals surface area contributed by atoms with E-state index in [4.69, 9.17) is 18.6 Å². The molecular weight excluding hydrogens is 418 g/mol. The van der Waals surface area contributed by atoms with Gasteiger partial charge in [0.2, 0.25) is 5.89 Å². The maximum absolute atomic E-state index is 12.1. The molecule has 6 nitrogen and oxygen atoms in total. The van der Waals surface area contributed by atoms with Gasteiger partial charge in [-0.05, 0) is 82.9 Å². The van der Waals surface area contributed by atoms with Crippen LogP contribution in [0, 0.1) is 34.6 Å². The number of benzene rings is 2. The molecule has 0 aliphatic rings. The number of methoxy groups -OCH3 is 1. The number of hydrogen-bond acceptors (Lipinski definition) is 6. The molecule has 0 aliphatic carbocycles. The molecule has 33 heavy (non-hydrogen) atoms. The maximum Gasteiger partial charge on any atom is 0.349 e. The summed E-state index contributed by atoms with van der Waals surface area (Å²) in [6.07, 6.45) is 0.632. The number of carbonyl (C=O) groups is 1. The Bertz CT molecular complexity index is 1120. The highest BCUT2D eigenvalue weighted by Gasteiger charge is 2.33. The summed E-state index contributed by atoms with van der Waals surface area (Å²) in [4.78, 5) is 16.8. The third-order valence-corrected chi connectivity index (χ3v) is 6.02. The molecule has 0 saturated heterocycles. The Kier molecular flexibility index (Phi) is 7.15. The summed E-state index contributed by atoms with van der Waals surface area (Å²) in [6.45, 7) is 13.8. The molecular formula is C27H33NO5. The van der Waals surface area contributed by atoms with E-state index in [-0.39, 0.29) is 0 Å². The van der Waals surface area contributed by atoms with E-state index in [0.717, 1.165) is 45.0 Å². The van der Waals surface area contributed by atoms with Crippen molar-refractivity contribution in [2.75, 3.05) is 13.7 Å². The van der Waals surface area contributed by atoms with Crippen LogP contribution in [0.25, 0.3) is 11.5 Å². The Balaban J connectivity index is 1.77. The molecule has 3 aromatic rings. The van der Waals surface area contributed by atoms with Crippen LogP contribution in [-0.2, 0) is 16.0 Å². The summed E-state index contributed by atoms with van der Waals surface area (Å²) in [5.41, 5.74) is 4.59. The highest BCUT2D eigenvalue weighted by atomic mass is 16.6. The first-order chi connectivity index (χ1) is 15.6. The van der Waals surface area contributed by atoms with E-state index in [0.29, 0.717) is 24.7 Å². The average Bonchev–Trinajstić information content (AvgIpc) is 3.18. The largest absolute Gasteiger partial charge is 0.493 e. The zero-order valence-electron chi connectivity index (χ0n) is 20.8. The molecule has 2 aromatic carbocycles. The first-order valence-corrected chi connectivity index (χ1v) is 11.1. The van der Waals surface area contributed by atoms with Gasteiger partial charge in [0.25, 0.3) is 0 Å². The Labute approximate surface area is 195 Å². The normalized spacial score (nSPS) is 11.4. The van der Waals surface area contributed by atoms with E-state index in [1.54, 1.807) is 13.8 Å². The zero-order valence-corrected chi connectivity index (χ0v) is 20.8. The van der Waals surface area contributed by atoms with Crippen molar-refractivity contribution in [1.29, 1.82) is 0 Å². The molecule has 176 valence electrons. The molecule has 0 radical (unpaired) electrons. The molecule has 0 amide bonds. The molecule has 0 saturated carbocycles. The van der Waals surface area contributed by atoms with Crippen molar-refractivity contribution in [3.8, 4) is 23.0 Å². The third-order valence-electron chi connectivity index (χ3n) is 6.02. The quantitative estimate of drug-likeness (QED) is 0.401. The van der Waals surface area contributed by atoms with Crippen LogP contribution in [0.4, 0.5) is 0 Å². The Morgan fingerprint density at radius 3 is 2.09 bits per heavy atom. The fourth-order valence-electron chi connectivity index (χ4n) is 3.77. The summed E-state index contributed by atoms with van der Waals surface area (Å²) >= 11 is 0. The van der Waals surface area contributed by atoms with Gasteiger partial charge in [-0.3, -0.25) is 0 Å². The topological polar surface area (TPSA) is 70.8 Å². The van der Waals surface area contributed by atoms with Crippen LogP contribution < -0.4 is 9.47 Å². The fourth-order valence-corrected chi connectivity index (χ4v) is 3.77. The van der Waals surface area contributed by atoms with Crippen LogP contribution in [0.15, 0.2) is 34.7 Å². The number of carbonyl (C=O) groups excluding carboxylic acids is 1. The van der Waals surface area contributed by atoms with Gasteiger partial charge in [0.05, 0.1) is 19.4 Å². The molecule has 0 atom stereocenters. The Morgan fingerprint density at radius 2 is 1.52 bits per heavy atom. The number of aryl methyl sites for hydroxylation is 1. The number of oxazole rings is 1. The lowest BCUT2D eigenvalue weighted by atomic mass is 9.97. The summed E-state index contributed by atoms with van der Waals surface area (Å²) in [5, 5.41) is 0. The minimum absolute atomic E-state index is 0.421. The van der Waals surface area contributed by atoms with Crippen molar-refractivity contribution in [2.45, 2.75) is 60.5 Å². The van der Waals surface area contributed by atoms with E-state index in [1.807, 2.05) is 65.0 Å². The summed E-state index contributed by atoms with van der Waals surface area (Å²) in [7, 11) is 1.36. The molecule has 0 bridgehead atoms. The summed E-state index contributed by atoms with van der Waals surface area (Å²) < 4.78 is 23.1. The lowest BCUT2D eigenvalue weighted by molar-refractivity contribution is -0.156. The van der Waals surface area contributed by atoms with Gasteiger partial charge in [0.1, 0.15) is 17.3 Å². The molecule has 3 rings (SSSR count). The maximum atomic E-state index is 12.1. The molecule has 6 heteroatoms. The van der Waals surface area contributed by atoms with Gasteiger partial charge in [-0.2, -0.15) is 0 Å². The number of rotatable bonds is 8. The monoisotopic (exact) mass is 451 g/mol. The summed E-state index contributed by atoms with van der Waals surface area (Å²) in [6, 6.07) is 9.86. The number of ether oxygens (including phenoxy) is 3. The fraction of sp³-hybridized carbons (Fsp3) is 0.407. The van der Waals surface area contributed by atoms with Crippen molar-refractivity contribution in [1.82, 2.24) is 4.98 Å². The lowest BCUT2D eigenvalue weighted by Crippen LogP contribution is -2.39. The predicted molar refractivity (Wildman–Crippen MR) is 128 cm³/mol. The number of esters is 1. The van der Waals surface area contributed by atoms with Gasteiger partial charge in [0, 0.05) is 12.0 Å². The van der Waals surface area contributed by atoms with Crippen molar-refractivity contribution < 1.29 is 23.4 Å². The number of nitrogens with zero attached hydrogens (tertiary/aromatic N) is 1. The lowest BCUT2D eigenvalue weighted by Gasteiger charge is -2.28. The number of hydrogen-bond donors (Lipinski definition) is 0. The van der Waals surface area contributed by atoms with Gasteiger partial charge < -0.3 is 18.6 Å². The molecule has 1 aromatic heterocycles. The van der Waals surface area contributed by atoms with Gasteiger partial charge in [-0.15, -0.1) is 0 Å². The molecule has 0 fully saturated rings.